The molecule has 0 saturated carbocycles. The van der Waals surface area contributed by atoms with Gasteiger partial charge >= 0.3 is 5.97 Å². The van der Waals surface area contributed by atoms with Crippen molar-refractivity contribution in [2.75, 3.05) is 6.61 Å². The number of rotatable bonds is 9. The van der Waals surface area contributed by atoms with E-state index in [0.717, 1.165) is 41.4 Å². The van der Waals surface area contributed by atoms with Crippen LogP contribution in [0.25, 0.3) is 10.9 Å². The van der Waals surface area contributed by atoms with Gasteiger partial charge in [-0.3, -0.25) is 9.78 Å². The first kappa shape index (κ1) is 20.5. The number of pyridine rings is 1. The predicted octanol–water partition coefficient (Wildman–Crippen LogP) is 5.56. The molecule has 0 N–H and O–H groups in total. The Balaban J connectivity index is 1.84. The van der Waals surface area contributed by atoms with Gasteiger partial charge < -0.3 is 4.74 Å². The molecule has 0 spiro atoms. The second kappa shape index (κ2) is 9.84. The summed E-state index contributed by atoms with van der Waals surface area (Å²) in [6, 6.07) is 24.4. The summed E-state index contributed by atoms with van der Waals surface area (Å²) in [5, 5.41) is 11.4. The number of nitrogens with zero attached hydrogens (tertiary/aromatic N) is 2. The number of carbonyl (C=O) groups is 1. The lowest BCUT2D eigenvalue weighted by molar-refractivity contribution is -0.143. The lowest BCUT2D eigenvalue weighted by Gasteiger charge is -2.27. The van der Waals surface area contributed by atoms with Crippen LogP contribution in [-0.4, -0.2) is 17.6 Å². The van der Waals surface area contributed by atoms with Gasteiger partial charge in [0.05, 0.1) is 23.9 Å². The Morgan fingerprint density at radius 2 is 1.76 bits per heavy atom. The van der Waals surface area contributed by atoms with Gasteiger partial charge in [-0.2, -0.15) is 5.26 Å². The summed E-state index contributed by atoms with van der Waals surface area (Å²) in [5.41, 5.74) is 1.81. The Bertz CT molecular complexity index is 994. The predicted molar refractivity (Wildman–Crippen MR) is 114 cm³/mol. The number of unbranched alkanes of at least 4 members (excludes halogenated alkanes) is 2. The Hall–Kier alpha value is -3.19. The molecule has 29 heavy (non-hydrogen) atoms. The van der Waals surface area contributed by atoms with Gasteiger partial charge in [-0.05, 0) is 37.5 Å². The maximum absolute atomic E-state index is 11.5. The number of aromatic nitrogens is 1. The first-order chi connectivity index (χ1) is 14.2. The maximum Gasteiger partial charge on any atom is 0.305 e. The van der Waals surface area contributed by atoms with Crippen LogP contribution in [0, 0.1) is 11.3 Å². The normalized spacial score (nSPS) is 12.8. The molecule has 4 heteroatoms. The molecule has 0 saturated heterocycles. The largest absolute Gasteiger partial charge is 0.466 e. The first-order valence-electron chi connectivity index (χ1n) is 10.2. The standard InChI is InChI=1S/C25H26N2O2/c1-2-29-24(28)15-7-4-10-18-25(19-26,21-12-5-3-6-13-21)23-17-16-20-11-8-9-14-22(20)27-23/h3,5-6,8-9,11-14,16-17H,2,4,7,10,15,18H2,1H3. The van der Waals surface area contributed by atoms with Crippen molar-refractivity contribution < 1.29 is 9.53 Å². The van der Waals surface area contributed by atoms with E-state index in [4.69, 9.17) is 9.72 Å². The molecule has 4 nitrogen and oxygen atoms in total. The van der Waals surface area contributed by atoms with E-state index in [9.17, 15) is 10.1 Å². The highest BCUT2D eigenvalue weighted by molar-refractivity contribution is 5.78. The number of fused-ring (bicyclic) bond motifs is 1. The molecule has 0 bridgehead atoms. The molecular formula is C25H26N2O2. The first-order valence-corrected chi connectivity index (χ1v) is 10.2. The molecule has 0 aliphatic heterocycles. The highest BCUT2D eigenvalue weighted by Crippen LogP contribution is 2.36. The molecule has 148 valence electrons. The minimum absolute atomic E-state index is 0.154. The van der Waals surface area contributed by atoms with Crippen LogP contribution in [0.4, 0.5) is 0 Å². The summed E-state index contributed by atoms with van der Waals surface area (Å²) in [6.07, 6.45) is 3.54. The molecule has 1 unspecified atom stereocenters. The molecule has 0 radical (unpaired) electrons. The average Bonchev–Trinajstić information content (AvgIpc) is 2.77. The Labute approximate surface area is 172 Å². The second-order valence-electron chi connectivity index (χ2n) is 7.14. The zero-order chi connectivity index (χ0) is 20.5. The van der Waals surface area contributed by atoms with Crippen molar-refractivity contribution in [3.05, 3.63) is 78.0 Å². The van der Waals surface area contributed by atoms with Crippen LogP contribution in [0.1, 0.15) is 50.3 Å². The topological polar surface area (TPSA) is 63.0 Å². The zero-order valence-electron chi connectivity index (χ0n) is 16.8. The smallest absolute Gasteiger partial charge is 0.305 e. The second-order valence-corrected chi connectivity index (χ2v) is 7.14. The summed E-state index contributed by atoms with van der Waals surface area (Å²) >= 11 is 0. The highest BCUT2D eigenvalue weighted by Gasteiger charge is 2.35. The molecule has 2 aromatic carbocycles. The Morgan fingerprint density at radius 3 is 2.52 bits per heavy atom. The third kappa shape index (κ3) is 4.81. The fourth-order valence-corrected chi connectivity index (χ4v) is 3.69. The van der Waals surface area contributed by atoms with Crippen molar-refractivity contribution in [2.24, 2.45) is 0 Å². The van der Waals surface area contributed by atoms with Crippen molar-refractivity contribution in [3.8, 4) is 6.07 Å². The van der Waals surface area contributed by atoms with Crippen LogP contribution in [0.15, 0.2) is 66.7 Å². The van der Waals surface area contributed by atoms with Gasteiger partial charge in [0.25, 0.3) is 0 Å². The van der Waals surface area contributed by atoms with E-state index in [1.54, 1.807) is 0 Å². The van der Waals surface area contributed by atoms with E-state index in [2.05, 4.69) is 6.07 Å². The van der Waals surface area contributed by atoms with Crippen LogP contribution in [0.3, 0.4) is 0 Å². The number of para-hydroxylation sites is 1. The number of nitriles is 1. The number of esters is 1. The van der Waals surface area contributed by atoms with Gasteiger partial charge in [0.1, 0.15) is 5.41 Å². The third-order valence-electron chi connectivity index (χ3n) is 5.23. The SMILES string of the molecule is CCOC(=O)CCCCCC(C#N)(c1ccccc1)c1ccc2ccccc2n1. The molecule has 1 aromatic heterocycles. The van der Waals surface area contributed by atoms with Gasteiger partial charge in [0.2, 0.25) is 0 Å². The summed E-state index contributed by atoms with van der Waals surface area (Å²) in [7, 11) is 0. The van der Waals surface area contributed by atoms with E-state index in [0.29, 0.717) is 19.4 Å². The Kier molecular flexibility index (Phi) is 6.97. The molecule has 0 aliphatic carbocycles. The van der Waals surface area contributed by atoms with Crippen molar-refractivity contribution in [3.63, 3.8) is 0 Å². The fourth-order valence-electron chi connectivity index (χ4n) is 3.69. The van der Waals surface area contributed by atoms with Crippen molar-refractivity contribution in [2.45, 2.75) is 44.4 Å². The van der Waals surface area contributed by atoms with E-state index < -0.39 is 5.41 Å². The van der Waals surface area contributed by atoms with Crippen molar-refractivity contribution in [1.82, 2.24) is 4.98 Å². The number of ether oxygens (including phenoxy) is 1. The summed E-state index contributed by atoms with van der Waals surface area (Å²) in [5.74, 6) is -0.154. The van der Waals surface area contributed by atoms with Crippen LogP contribution >= 0.6 is 0 Å². The maximum atomic E-state index is 11.5. The Morgan fingerprint density at radius 1 is 1.00 bits per heavy atom. The third-order valence-corrected chi connectivity index (χ3v) is 5.23. The number of hydrogen-bond donors (Lipinski definition) is 0. The lowest BCUT2D eigenvalue weighted by Crippen LogP contribution is -2.27. The van der Waals surface area contributed by atoms with E-state index in [-0.39, 0.29) is 5.97 Å². The van der Waals surface area contributed by atoms with Gasteiger partial charge in [0, 0.05) is 11.8 Å². The number of benzene rings is 2. The molecule has 0 aliphatic rings. The number of carbonyl (C=O) groups excluding carboxylic acids is 1. The molecule has 3 rings (SSSR count). The quantitative estimate of drug-likeness (QED) is 0.357. The van der Waals surface area contributed by atoms with Gasteiger partial charge in [-0.1, -0.05) is 67.4 Å². The molecule has 0 amide bonds. The highest BCUT2D eigenvalue weighted by atomic mass is 16.5. The fraction of sp³-hybridized carbons (Fsp3) is 0.320. The lowest BCUT2D eigenvalue weighted by atomic mass is 9.74. The summed E-state index contributed by atoms with van der Waals surface area (Å²) in [6.45, 7) is 2.23. The molecule has 1 heterocycles. The monoisotopic (exact) mass is 386 g/mol. The van der Waals surface area contributed by atoms with Crippen molar-refractivity contribution >= 4 is 16.9 Å². The van der Waals surface area contributed by atoms with Gasteiger partial charge in [0.15, 0.2) is 0 Å². The van der Waals surface area contributed by atoms with Crippen molar-refractivity contribution in [1.29, 1.82) is 5.26 Å². The van der Waals surface area contributed by atoms with Crippen LogP contribution < -0.4 is 0 Å². The van der Waals surface area contributed by atoms with E-state index >= 15 is 0 Å². The minimum Gasteiger partial charge on any atom is -0.466 e. The average molecular weight is 386 g/mol. The van der Waals surface area contributed by atoms with E-state index in [1.165, 1.54) is 0 Å². The van der Waals surface area contributed by atoms with Crippen LogP contribution in [0.5, 0.6) is 0 Å². The van der Waals surface area contributed by atoms with Gasteiger partial charge in [-0.25, -0.2) is 0 Å². The van der Waals surface area contributed by atoms with Crippen LogP contribution in [-0.2, 0) is 14.9 Å². The summed E-state index contributed by atoms with van der Waals surface area (Å²) in [4.78, 5) is 16.4. The molecular weight excluding hydrogens is 360 g/mol. The minimum atomic E-state index is -0.810. The molecule has 3 aromatic rings. The number of hydrogen-bond acceptors (Lipinski definition) is 4. The zero-order valence-corrected chi connectivity index (χ0v) is 16.8. The molecule has 1 atom stereocenters. The summed E-state index contributed by atoms with van der Waals surface area (Å²) < 4.78 is 4.99. The molecule has 0 fully saturated rings. The van der Waals surface area contributed by atoms with Crippen LogP contribution in [0.2, 0.25) is 0 Å². The van der Waals surface area contributed by atoms with Gasteiger partial charge in [-0.15, -0.1) is 0 Å². The van der Waals surface area contributed by atoms with E-state index in [1.807, 2.05) is 73.7 Å².